The molecule has 1 aliphatic rings. The first-order valence-corrected chi connectivity index (χ1v) is 5.21. The van der Waals surface area contributed by atoms with Crippen LogP contribution in [0.15, 0.2) is 0 Å². The van der Waals surface area contributed by atoms with Gasteiger partial charge in [0.15, 0.2) is 0 Å². The van der Waals surface area contributed by atoms with E-state index in [1.54, 1.807) is 0 Å². The van der Waals surface area contributed by atoms with Crippen LogP contribution in [0.4, 0.5) is 0 Å². The van der Waals surface area contributed by atoms with Gasteiger partial charge in [0.25, 0.3) is 0 Å². The van der Waals surface area contributed by atoms with E-state index in [1.807, 2.05) is 0 Å². The number of carbonyl (C=O) groups excluding carboxylic acids is 1. The van der Waals surface area contributed by atoms with Crippen molar-refractivity contribution >= 4 is 5.97 Å². The number of esters is 1. The Bertz CT molecular complexity index is 167. The second-order valence-electron chi connectivity index (χ2n) is 3.55. The largest absolute Gasteiger partial charge is 0.469 e. The van der Waals surface area contributed by atoms with E-state index in [4.69, 9.17) is 4.74 Å². The SMILES string of the molecule is COC(=O)CCCNC1CCCOC1. The number of nitrogens with one attached hydrogen (secondary N) is 1. The number of hydrogen-bond acceptors (Lipinski definition) is 4. The molecule has 1 N–H and O–H groups in total. The zero-order valence-electron chi connectivity index (χ0n) is 8.75. The van der Waals surface area contributed by atoms with Crippen LogP contribution in [0.2, 0.25) is 0 Å². The average Bonchev–Trinajstić information content (AvgIpc) is 2.25. The van der Waals surface area contributed by atoms with Gasteiger partial charge in [0.05, 0.1) is 13.7 Å². The maximum atomic E-state index is 10.8. The van der Waals surface area contributed by atoms with Crippen molar-refractivity contribution in [3.05, 3.63) is 0 Å². The summed E-state index contributed by atoms with van der Waals surface area (Å²) in [5, 5.41) is 3.37. The van der Waals surface area contributed by atoms with Gasteiger partial charge in [-0.3, -0.25) is 4.79 Å². The Balaban J connectivity index is 1.94. The molecule has 1 aliphatic heterocycles. The van der Waals surface area contributed by atoms with Crippen molar-refractivity contribution in [2.75, 3.05) is 26.9 Å². The Labute approximate surface area is 85.0 Å². The first kappa shape index (κ1) is 11.5. The monoisotopic (exact) mass is 201 g/mol. The minimum absolute atomic E-state index is 0.133. The topological polar surface area (TPSA) is 47.6 Å². The minimum atomic E-state index is -0.133. The van der Waals surface area contributed by atoms with E-state index in [-0.39, 0.29) is 5.97 Å². The van der Waals surface area contributed by atoms with Crippen LogP contribution in [0, 0.1) is 0 Å². The Kier molecular flexibility index (Phi) is 5.56. The van der Waals surface area contributed by atoms with Gasteiger partial charge in [-0.25, -0.2) is 0 Å². The highest BCUT2D eigenvalue weighted by Gasteiger charge is 2.12. The molecule has 4 nitrogen and oxygen atoms in total. The average molecular weight is 201 g/mol. The number of rotatable bonds is 5. The van der Waals surface area contributed by atoms with Crippen molar-refractivity contribution in [3.63, 3.8) is 0 Å². The van der Waals surface area contributed by atoms with E-state index in [9.17, 15) is 4.79 Å². The molecule has 0 aromatic heterocycles. The summed E-state index contributed by atoms with van der Waals surface area (Å²) in [6, 6.07) is 0.474. The molecule has 1 heterocycles. The molecule has 1 unspecified atom stereocenters. The highest BCUT2D eigenvalue weighted by Crippen LogP contribution is 2.05. The van der Waals surface area contributed by atoms with Gasteiger partial charge in [0.1, 0.15) is 0 Å². The van der Waals surface area contributed by atoms with Crippen LogP contribution in [-0.2, 0) is 14.3 Å². The van der Waals surface area contributed by atoms with Gasteiger partial charge in [0, 0.05) is 19.1 Å². The molecular formula is C10H19NO3. The summed E-state index contributed by atoms with van der Waals surface area (Å²) in [4.78, 5) is 10.8. The van der Waals surface area contributed by atoms with Crippen LogP contribution < -0.4 is 5.32 Å². The first-order valence-electron chi connectivity index (χ1n) is 5.21. The Morgan fingerprint density at radius 3 is 3.14 bits per heavy atom. The van der Waals surface area contributed by atoms with Crippen molar-refractivity contribution < 1.29 is 14.3 Å². The van der Waals surface area contributed by atoms with Gasteiger partial charge in [-0.1, -0.05) is 0 Å². The fourth-order valence-corrected chi connectivity index (χ4v) is 1.54. The smallest absolute Gasteiger partial charge is 0.305 e. The molecule has 0 aromatic rings. The Morgan fingerprint density at radius 1 is 1.64 bits per heavy atom. The van der Waals surface area contributed by atoms with Gasteiger partial charge in [-0.15, -0.1) is 0 Å². The molecule has 0 bridgehead atoms. The molecular weight excluding hydrogens is 182 g/mol. The molecule has 1 saturated heterocycles. The summed E-state index contributed by atoms with van der Waals surface area (Å²) in [5.41, 5.74) is 0. The molecule has 1 rings (SSSR count). The number of carbonyl (C=O) groups is 1. The number of methoxy groups -OCH3 is 1. The molecule has 0 amide bonds. The lowest BCUT2D eigenvalue weighted by Crippen LogP contribution is -2.37. The summed E-state index contributed by atoms with van der Waals surface area (Å²) in [6.07, 6.45) is 3.65. The van der Waals surface area contributed by atoms with Gasteiger partial charge in [-0.05, 0) is 25.8 Å². The third-order valence-corrected chi connectivity index (χ3v) is 2.38. The lowest BCUT2D eigenvalue weighted by molar-refractivity contribution is -0.140. The van der Waals surface area contributed by atoms with E-state index in [0.29, 0.717) is 12.5 Å². The summed E-state index contributed by atoms with van der Waals surface area (Å²) in [5.74, 6) is -0.133. The maximum absolute atomic E-state index is 10.8. The van der Waals surface area contributed by atoms with Gasteiger partial charge < -0.3 is 14.8 Å². The third-order valence-electron chi connectivity index (χ3n) is 2.38. The summed E-state index contributed by atoms with van der Waals surface area (Å²) >= 11 is 0. The van der Waals surface area contributed by atoms with E-state index in [0.717, 1.165) is 32.6 Å². The molecule has 1 atom stereocenters. The van der Waals surface area contributed by atoms with Crippen molar-refractivity contribution in [2.45, 2.75) is 31.7 Å². The number of ether oxygens (including phenoxy) is 2. The first-order chi connectivity index (χ1) is 6.83. The molecule has 0 aliphatic carbocycles. The predicted octanol–water partition coefficient (Wildman–Crippen LogP) is 0.708. The summed E-state index contributed by atoms with van der Waals surface area (Å²) in [6.45, 7) is 2.56. The second kappa shape index (κ2) is 6.79. The standard InChI is InChI=1S/C10H19NO3/c1-13-10(12)5-2-6-11-9-4-3-7-14-8-9/h9,11H,2-8H2,1H3. The highest BCUT2D eigenvalue weighted by molar-refractivity contribution is 5.69. The Morgan fingerprint density at radius 2 is 2.50 bits per heavy atom. The summed E-state index contributed by atoms with van der Waals surface area (Å²) in [7, 11) is 1.42. The van der Waals surface area contributed by atoms with Crippen molar-refractivity contribution in [2.24, 2.45) is 0 Å². The fraction of sp³-hybridized carbons (Fsp3) is 0.900. The molecule has 14 heavy (non-hydrogen) atoms. The van der Waals surface area contributed by atoms with E-state index >= 15 is 0 Å². The maximum Gasteiger partial charge on any atom is 0.305 e. The molecule has 0 radical (unpaired) electrons. The Hall–Kier alpha value is -0.610. The number of hydrogen-bond donors (Lipinski definition) is 1. The quantitative estimate of drug-likeness (QED) is 0.525. The third kappa shape index (κ3) is 4.58. The van der Waals surface area contributed by atoms with Crippen molar-refractivity contribution in [1.82, 2.24) is 5.32 Å². The lowest BCUT2D eigenvalue weighted by atomic mass is 10.1. The lowest BCUT2D eigenvalue weighted by Gasteiger charge is -2.23. The van der Waals surface area contributed by atoms with E-state index < -0.39 is 0 Å². The van der Waals surface area contributed by atoms with Crippen LogP contribution in [-0.4, -0.2) is 38.9 Å². The van der Waals surface area contributed by atoms with E-state index in [1.165, 1.54) is 13.5 Å². The fourth-order valence-electron chi connectivity index (χ4n) is 1.54. The second-order valence-corrected chi connectivity index (χ2v) is 3.55. The highest BCUT2D eigenvalue weighted by atomic mass is 16.5. The summed E-state index contributed by atoms with van der Waals surface area (Å²) < 4.78 is 9.88. The van der Waals surface area contributed by atoms with Crippen LogP contribution >= 0.6 is 0 Å². The minimum Gasteiger partial charge on any atom is -0.469 e. The predicted molar refractivity (Wildman–Crippen MR) is 53.1 cm³/mol. The molecule has 1 fully saturated rings. The molecule has 0 spiro atoms. The van der Waals surface area contributed by atoms with Crippen molar-refractivity contribution in [3.8, 4) is 0 Å². The molecule has 0 aromatic carbocycles. The van der Waals surface area contributed by atoms with Crippen LogP contribution in [0.1, 0.15) is 25.7 Å². The van der Waals surface area contributed by atoms with Gasteiger partial charge in [0.2, 0.25) is 0 Å². The van der Waals surface area contributed by atoms with Crippen LogP contribution in [0.3, 0.4) is 0 Å². The van der Waals surface area contributed by atoms with Gasteiger partial charge in [-0.2, -0.15) is 0 Å². The van der Waals surface area contributed by atoms with Crippen LogP contribution in [0.25, 0.3) is 0 Å². The zero-order chi connectivity index (χ0) is 10.2. The molecule has 82 valence electrons. The van der Waals surface area contributed by atoms with Crippen LogP contribution in [0.5, 0.6) is 0 Å². The zero-order valence-corrected chi connectivity index (χ0v) is 8.75. The van der Waals surface area contributed by atoms with Crippen molar-refractivity contribution in [1.29, 1.82) is 0 Å². The normalized spacial score (nSPS) is 21.9. The molecule has 4 heteroatoms. The van der Waals surface area contributed by atoms with Gasteiger partial charge >= 0.3 is 5.97 Å². The van der Waals surface area contributed by atoms with E-state index in [2.05, 4.69) is 10.1 Å². The molecule has 0 saturated carbocycles.